The lowest BCUT2D eigenvalue weighted by Crippen LogP contribution is -2.33. The molecule has 0 amide bonds. The van der Waals surface area contributed by atoms with Crippen molar-refractivity contribution >= 4 is 22.6 Å². The molecular weight excluding hydrogens is 293 g/mol. The first-order valence-electron chi connectivity index (χ1n) is 5.83. The van der Waals surface area contributed by atoms with Crippen molar-refractivity contribution in [2.75, 3.05) is 6.61 Å². The average molecular weight is 304 g/mol. The van der Waals surface area contributed by atoms with E-state index in [1.165, 1.54) is 4.57 Å². The van der Waals surface area contributed by atoms with Crippen molar-refractivity contribution in [1.82, 2.24) is 14.5 Å². The quantitative estimate of drug-likeness (QED) is 0.666. The van der Waals surface area contributed by atoms with Crippen molar-refractivity contribution in [3.8, 4) is 0 Å². The topological polar surface area (TPSA) is 101 Å². The normalized spacial score (nSPS) is 30.2. The number of rotatable bonds is 2. The Balaban J connectivity index is 2.10. The van der Waals surface area contributed by atoms with Gasteiger partial charge in [0.05, 0.1) is 12.0 Å². The molecule has 2 aromatic rings. The van der Waals surface area contributed by atoms with Crippen LogP contribution in [-0.4, -0.2) is 54.8 Å². The maximum Gasteiger partial charge on any atom is 0.164 e. The van der Waals surface area contributed by atoms with Gasteiger partial charge in [0.25, 0.3) is 0 Å². The summed E-state index contributed by atoms with van der Waals surface area (Å²) in [7, 11) is 0. The summed E-state index contributed by atoms with van der Waals surface area (Å²) in [5.74, 6) is -0.664. The van der Waals surface area contributed by atoms with Gasteiger partial charge in [0.15, 0.2) is 12.0 Å². The van der Waals surface area contributed by atoms with E-state index < -0.39 is 37.0 Å². The van der Waals surface area contributed by atoms with E-state index in [2.05, 4.69) is 9.97 Å². The lowest BCUT2D eigenvalue weighted by molar-refractivity contribution is -0.0510. The van der Waals surface area contributed by atoms with E-state index in [1.807, 2.05) is 0 Å². The molecule has 0 saturated carbocycles. The highest BCUT2D eigenvalue weighted by molar-refractivity contribution is 6.33. The van der Waals surface area contributed by atoms with Crippen molar-refractivity contribution in [3.63, 3.8) is 0 Å². The van der Waals surface area contributed by atoms with Crippen LogP contribution in [0.5, 0.6) is 0 Å². The molecule has 1 fully saturated rings. The Hall–Kier alpha value is -1.32. The number of nitrogens with zero attached hydrogens (tertiary/aromatic N) is 3. The van der Waals surface area contributed by atoms with Gasteiger partial charge in [-0.25, -0.2) is 14.4 Å². The van der Waals surface area contributed by atoms with Crippen molar-refractivity contribution in [2.24, 2.45) is 0 Å². The minimum absolute atomic E-state index is 0.00639. The smallest absolute Gasteiger partial charge is 0.164 e. The second-order valence-electron chi connectivity index (χ2n) is 4.48. The van der Waals surface area contributed by atoms with Gasteiger partial charge in [0.2, 0.25) is 0 Å². The predicted octanol–water partition coefficient (Wildman–Crippen LogP) is -0.165. The van der Waals surface area contributed by atoms with Gasteiger partial charge in [0.1, 0.15) is 35.4 Å². The Morgan fingerprint density at radius 2 is 2.10 bits per heavy atom. The molecule has 20 heavy (non-hydrogen) atoms. The number of aliphatic hydroxyl groups excluding tert-OH is 3. The molecular formula is C11H11ClFN3O4. The largest absolute Gasteiger partial charge is 0.394 e. The summed E-state index contributed by atoms with van der Waals surface area (Å²) in [4.78, 5) is 7.59. The molecule has 4 atom stereocenters. The van der Waals surface area contributed by atoms with E-state index in [9.17, 15) is 14.6 Å². The van der Waals surface area contributed by atoms with Gasteiger partial charge >= 0.3 is 0 Å². The van der Waals surface area contributed by atoms with Crippen LogP contribution >= 0.6 is 11.6 Å². The monoisotopic (exact) mass is 303 g/mol. The highest BCUT2D eigenvalue weighted by Crippen LogP contribution is 2.34. The first kappa shape index (κ1) is 13.7. The molecule has 0 bridgehead atoms. The number of halogens is 2. The molecule has 9 heteroatoms. The fourth-order valence-corrected chi connectivity index (χ4v) is 2.53. The lowest BCUT2D eigenvalue weighted by atomic mass is 10.1. The zero-order valence-electron chi connectivity index (χ0n) is 10.0. The Morgan fingerprint density at radius 1 is 1.35 bits per heavy atom. The van der Waals surface area contributed by atoms with Crippen LogP contribution in [0.1, 0.15) is 6.23 Å². The number of hydrogen-bond acceptors (Lipinski definition) is 6. The van der Waals surface area contributed by atoms with Crippen LogP contribution in [0.4, 0.5) is 4.39 Å². The number of fused-ring (bicyclic) bond motifs is 1. The van der Waals surface area contributed by atoms with Crippen molar-refractivity contribution in [1.29, 1.82) is 0 Å². The van der Waals surface area contributed by atoms with Gasteiger partial charge in [0, 0.05) is 6.20 Å². The number of aromatic nitrogens is 3. The maximum atomic E-state index is 13.9. The fourth-order valence-electron chi connectivity index (χ4n) is 2.31. The summed E-state index contributed by atoms with van der Waals surface area (Å²) in [6.45, 7) is -0.466. The summed E-state index contributed by atoms with van der Waals surface area (Å²) < 4.78 is 20.4. The minimum atomic E-state index is -1.32. The second-order valence-corrected chi connectivity index (χ2v) is 4.83. The fraction of sp³-hybridized carbons (Fsp3) is 0.455. The molecule has 3 N–H and O–H groups in total. The van der Waals surface area contributed by atoms with Crippen molar-refractivity contribution in [2.45, 2.75) is 24.5 Å². The average Bonchev–Trinajstić information content (AvgIpc) is 2.90. The molecule has 108 valence electrons. The third kappa shape index (κ3) is 1.88. The Morgan fingerprint density at radius 3 is 2.75 bits per heavy atom. The molecule has 0 radical (unpaired) electrons. The van der Waals surface area contributed by atoms with Gasteiger partial charge in [-0.3, -0.25) is 0 Å². The number of hydrogen-bond donors (Lipinski definition) is 3. The van der Waals surface area contributed by atoms with Crippen LogP contribution in [0.2, 0.25) is 5.15 Å². The minimum Gasteiger partial charge on any atom is -0.394 e. The molecule has 1 saturated heterocycles. The van der Waals surface area contributed by atoms with Crippen LogP contribution in [0.3, 0.4) is 0 Å². The number of aliphatic hydroxyl groups is 3. The van der Waals surface area contributed by atoms with Crippen molar-refractivity contribution in [3.05, 3.63) is 23.5 Å². The van der Waals surface area contributed by atoms with Gasteiger partial charge in [-0.2, -0.15) is 0 Å². The summed E-state index contributed by atoms with van der Waals surface area (Å²) >= 11 is 5.81. The molecule has 0 spiro atoms. The lowest BCUT2D eigenvalue weighted by Gasteiger charge is -2.16. The Kier molecular flexibility index (Phi) is 3.35. The molecule has 2 unspecified atom stereocenters. The van der Waals surface area contributed by atoms with Gasteiger partial charge in [-0.1, -0.05) is 11.6 Å². The third-order valence-corrected chi connectivity index (χ3v) is 3.59. The summed E-state index contributed by atoms with van der Waals surface area (Å²) in [6.07, 6.45) is -2.40. The molecule has 1 aliphatic rings. The van der Waals surface area contributed by atoms with E-state index in [0.717, 1.165) is 12.5 Å². The first-order chi connectivity index (χ1) is 9.54. The molecule has 0 aliphatic carbocycles. The zero-order chi connectivity index (χ0) is 14.4. The Labute approximate surface area is 117 Å². The van der Waals surface area contributed by atoms with E-state index >= 15 is 0 Å². The van der Waals surface area contributed by atoms with Crippen molar-refractivity contribution < 1.29 is 24.4 Å². The molecule has 1 aliphatic heterocycles. The summed E-state index contributed by atoms with van der Waals surface area (Å²) in [5, 5.41) is 28.7. The molecule has 2 aromatic heterocycles. The standard InChI is InChI=1S/C11H11ClFN3O4/c12-9-6-4(13)1-16(10(6)15-3-14-9)11-8(19)7(18)5(2-17)20-11/h1,3,5,7-8,11,17-19H,2H2/t5-,7?,8?,11-/m1/s1. The van der Waals surface area contributed by atoms with Gasteiger partial charge in [-0.15, -0.1) is 0 Å². The molecule has 3 rings (SSSR count). The van der Waals surface area contributed by atoms with Gasteiger partial charge in [-0.05, 0) is 0 Å². The van der Waals surface area contributed by atoms with Crippen LogP contribution < -0.4 is 0 Å². The zero-order valence-corrected chi connectivity index (χ0v) is 10.8. The second kappa shape index (κ2) is 4.90. The van der Waals surface area contributed by atoms with E-state index in [-0.39, 0.29) is 16.2 Å². The Bertz CT molecular complexity index is 652. The summed E-state index contributed by atoms with van der Waals surface area (Å²) in [5.41, 5.74) is 0.136. The predicted molar refractivity (Wildman–Crippen MR) is 65.5 cm³/mol. The number of ether oxygens (including phenoxy) is 1. The highest BCUT2D eigenvalue weighted by Gasteiger charge is 2.44. The van der Waals surface area contributed by atoms with Crippen LogP contribution in [-0.2, 0) is 4.74 Å². The van der Waals surface area contributed by atoms with Gasteiger partial charge < -0.3 is 24.6 Å². The van der Waals surface area contributed by atoms with E-state index in [1.54, 1.807) is 0 Å². The molecule has 3 heterocycles. The van der Waals surface area contributed by atoms with E-state index in [4.69, 9.17) is 21.4 Å². The van der Waals surface area contributed by atoms with Crippen LogP contribution in [0.15, 0.2) is 12.5 Å². The summed E-state index contributed by atoms with van der Waals surface area (Å²) in [6, 6.07) is 0. The highest BCUT2D eigenvalue weighted by atomic mass is 35.5. The van der Waals surface area contributed by atoms with Crippen LogP contribution in [0, 0.1) is 5.82 Å². The molecule has 0 aromatic carbocycles. The SMILES string of the molecule is OC[C@H]1O[C@@H](n2cc(F)c3c(Cl)ncnc32)C(O)C1O. The maximum absolute atomic E-state index is 13.9. The third-order valence-electron chi connectivity index (χ3n) is 3.31. The van der Waals surface area contributed by atoms with Crippen LogP contribution in [0.25, 0.3) is 11.0 Å². The van der Waals surface area contributed by atoms with E-state index in [0.29, 0.717) is 0 Å². The first-order valence-corrected chi connectivity index (χ1v) is 6.21. The molecule has 7 nitrogen and oxygen atoms in total.